The quantitative estimate of drug-likeness (QED) is 0.781. The highest BCUT2D eigenvalue weighted by Gasteiger charge is 2.19. The molecule has 0 saturated carbocycles. The molecular formula is C9H9Br3O2. The summed E-state index contributed by atoms with van der Waals surface area (Å²) in [6, 6.07) is 5.46. The zero-order valence-electron chi connectivity index (χ0n) is 7.12. The van der Waals surface area contributed by atoms with Crippen LogP contribution < -0.4 is 0 Å². The second kappa shape index (κ2) is 5.61. The minimum absolute atomic E-state index is 0.340. The van der Waals surface area contributed by atoms with Crippen molar-refractivity contribution in [2.24, 2.45) is 0 Å². The molecule has 2 unspecified atom stereocenters. The monoisotopic (exact) mass is 386 g/mol. The molecule has 2 atom stereocenters. The molecule has 0 aliphatic heterocycles. The van der Waals surface area contributed by atoms with E-state index in [9.17, 15) is 10.2 Å². The van der Waals surface area contributed by atoms with E-state index in [4.69, 9.17) is 0 Å². The highest BCUT2D eigenvalue weighted by molar-refractivity contribution is 9.11. The van der Waals surface area contributed by atoms with Crippen LogP contribution >= 0.6 is 47.8 Å². The van der Waals surface area contributed by atoms with Gasteiger partial charge in [0.1, 0.15) is 6.10 Å². The van der Waals surface area contributed by atoms with Crippen LogP contribution in [0.15, 0.2) is 27.1 Å². The molecule has 0 radical (unpaired) electrons. The summed E-state index contributed by atoms with van der Waals surface area (Å²) < 4.78 is 1.66. The maximum atomic E-state index is 9.76. The van der Waals surface area contributed by atoms with Gasteiger partial charge in [0.15, 0.2) is 0 Å². The van der Waals surface area contributed by atoms with Gasteiger partial charge < -0.3 is 10.2 Å². The third kappa shape index (κ3) is 3.03. The molecule has 0 bridgehead atoms. The Labute approximate surface area is 108 Å². The number of halogens is 3. The molecule has 5 heteroatoms. The minimum Gasteiger partial charge on any atom is -0.389 e. The van der Waals surface area contributed by atoms with Gasteiger partial charge in [0.25, 0.3) is 0 Å². The molecule has 1 aromatic rings. The summed E-state index contributed by atoms with van der Waals surface area (Å²) in [5, 5.41) is 19.6. The van der Waals surface area contributed by atoms with Gasteiger partial charge in [-0.25, -0.2) is 0 Å². The largest absolute Gasteiger partial charge is 0.389 e. The zero-order valence-corrected chi connectivity index (χ0v) is 11.9. The normalized spacial score (nSPS) is 15.2. The lowest BCUT2D eigenvalue weighted by Gasteiger charge is -2.17. The van der Waals surface area contributed by atoms with Gasteiger partial charge in [-0.05, 0) is 23.8 Å². The minimum atomic E-state index is -0.888. The fraction of sp³-hybridized carbons (Fsp3) is 0.333. The first kappa shape index (κ1) is 12.6. The highest BCUT2D eigenvalue weighted by Crippen LogP contribution is 2.29. The first-order valence-electron chi connectivity index (χ1n) is 3.93. The van der Waals surface area contributed by atoms with Gasteiger partial charge in [0, 0.05) is 14.3 Å². The van der Waals surface area contributed by atoms with Crippen LogP contribution in [0.2, 0.25) is 0 Å². The topological polar surface area (TPSA) is 40.5 Å². The van der Waals surface area contributed by atoms with Crippen molar-refractivity contribution in [3.63, 3.8) is 0 Å². The van der Waals surface area contributed by atoms with Crippen LogP contribution in [-0.2, 0) is 0 Å². The summed E-state index contributed by atoms with van der Waals surface area (Å²) >= 11 is 9.75. The number of hydrogen-bond acceptors (Lipinski definition) is 2. The summed E-state index contributed by atoms with van der Waals surface area (Å²) in [7, 11) is 0. The SMILES string of the molecule is OC(CBr)C(O)c1cc(Br)ccc1Br. The third-order valence-corrected chi connectivity index (χ3v) is 3.68. The van der Waals surface area contributed by atoms with Gasteiger partial charge in [0.2, 0.25) is 0 Å². The van der Waals surface area contributed by atoms with Crippen molar-refractivity contribution < 1.29 is 10.2 Å². The van der Waals surface area contributed by atoms with Crippen LogP contribution in [0.5, 0.6) is 0 Å². The molecule has 2 N–H and O–H groups in total. The fourth-order valence-corrected chi connectivity index (χ4v) is 2.25. The molecule has 78 valence electrons. The average molecular weight is 389 g/mol. The fourth-order valence-electron chi connectivity index (χ4n) is 1.03. The maximum Gasteiger partial charge on any atom is 0.107 e. The van der Waals surface area contributed by atoms with Crippen LogP contribution in [0, 0.1) is 0 Å². The molecule has 0 saturated heterocycles. The number of benzene rings is 1. The van der Waals surface area contributed by atoms with E-state index in [2.05, 4.69) is 47.8 Å². The van der Waals surface area contributed by atoms with Gasteiger partial charge in [-0.3, -0.25) is 0 Å². The van der Waals surface area contributed by atoms with Crippen molar-refractivity contribution in [2.75, 3.05) is 5.33 Å². The molecule has 0 aliphatic rings. The van der Waals surface area contributed by atoms with Crippen LogP contribution in [0.1, 0.15) is 11.7 Å². The summed E-state index contributed by atoms with van der Waals surface area (Å²) in [6.45, 7) is 0. The van der Waals surface area contributed by atoms with Crippen molar-refractivity contribution in [3.8, 4) is 0 Å². The number of aliphatic hydroxyl groups excluding tert-OH is 2. The Bertz CT molecular complexity index is 317. The number of alkyl halides is 1. The van der Waals surface area contributed by atoms with Gasteiger partial charge in [-0.1, -0.05) is 47.8 Å². The summed E-state index contributed by atoms with van der Waals surface area (Å²) in [4.78, 5) is 0. The van der Waals surface area contributed by atoms with Crippen molar-refractivity contribution in [1.29, 1.82) is 0 Å². The van der Waals surface area contributed by atoms with E-state index in [-0.39, 0.29) is 0 Å². The third-order valence-electron chi connectivity index (χ3n) is 1.80. The number of rotatable bonds is 3. The van der Waals surface area contributed by atoms with Crippen molar-refractivity contribution in [1.82, 2.24) is 0 Å². The zero-order chi connectivity index (χ0) is 10.7. The van der Waals surface area contributed by atoms with Crippen molar-refractivity contribution >= 4 is 47.8 Å². The molecule has 0 amide bonds. The lowest BCUT2D eigenvalue weighted by atomic mass is 10.1. The standard InChI is InChI=1S/C9H9Br3O2/c10-4-8(13)9(14)6-3-5(11)1-2-7(6)12/h1-3,8-9,13-14H,4H2. The smallest absolute Gasteiger partial charge is 0.107 e. The van der Waals surface area contributed by atoms with Crippen LogP contribution in [0.25, 0.3) is 0 Å². The van der Waals surface area contributed by atoms with E-state index in [1.807, 2.05) is 12.1 Å². The molecule has 0 spiro atoms. The van der Waals surface area contributed by atoms with Crippen LogP contribution in [0.4, 0.5) is 0 Å². The van der Waals surface area contributed by atoms with E-state index in [1.165, 1.54) is 0 Å². The summed E-state index contributed by atoms with van der Waals surface area (Å²) in [5.74, 6) is 0. The first-order valence-corrected chi connectivity index (χ1v) is 6.64. The van der Waals surface area contributed by atoms with E-state index in [1.54, 1.807) is 6.07 Å². The summed E-state index contributed by atoms with van der Waals surface area (Å²) in [5.41, 5.74) is 0.673. The Kier molecular flexibility index (Phi) is 5.06. The Hall–Kier alpha value is 0.580. The van der Waals surface area contributed by atoms with E-state index in [0.717, 1.165) is 8.95 Å². The highest BCUT2D eigenvalue weighted by atomic mass is 79.9. The lowest BCUT2D eigenvalue weighted by Crippen LogP contribution is -2.19. The first-order chi connectivity index (χ1) is 6.56. The predicted molar refractivity (Wildman–Crippen MR) is 66.6 cm³/mol. The number of hydrogen-bond donors (Lipinski definition) is 2. The second-order valence-corrected chi connectivity index (χ2v) is 5.25. The van der Waals surface area contributed by atoms with E-state index < -0.39 is 12.2 Å². The van der Waals surface area contributed by atoms with Gasteiger partial charge in [0.05, 0.1) is 6.10 Å². The number of aliphatic hydroxyl groups is 2. The Morgan fingerprint density at radius 2 is 1.86 bits per heavy atom. The second-order valence-electron chi connectivity index (χ2n) is 2.83. The Balaban J connectivity index is 2.99. The molecular weight excluding hydrogens is 380 g/mol. The lowest BCUT2D eigenvalue weighted by molar-refractivity contribution is 0.0338. The molecule has 14 heavy (non-hydrogen) atoms. The molecule has 1 rings (SSSR count). The van der Waals surface area contributed by atoms with Gasteiger partial charge in [-0.15, -0.1) is 0 Å². The van der Waals surface area contributed by atoms with Crippen molar-refractivity contribution in [2.45, 2.75) is 12.2 Å². The summed E-state index contributed by atoms with van der Waals surface area (Å²) in [6.07, 6.45) is -1.69. The molecule has 0 fully saturated rings. The predicted octanol–water partition coefficient (Wildman–Crippen LogP) is 3.00. The van der Waals surface area contributed by atoms with E-state index >= 15 is 0 Å². The Morgan fingerprint density at radius 3 is 2.43 bits per heavy atom. The van der Waals surface area contributed by atoms with E-state index in [0.29, 0.717) is 10.9 Å². The van der Waals surface area contributed by atoms with Crippen molar-refractivity contribution in [3.05, 3.63) is 32.7 Å². The van der Waals surface area contributed by atoms with Crippen LogP contribution in [-0.4, -0.2) is 21.6 Å². The van der Waals surface area contributed by atoms with Gasteiger partial charge >= 0.3 is 0 Å². The maximum absolute atomic E-state index is 9.76. The molecule has 0 heterocycles. The van der Waals surface area contributed by atoms with Crippen LogP contribution in [0.3, 0.4) is 0 Å². The molecule has 0 aromatic heterocycles. The molecule has 0 aliphatic carbocycles. The molecule has 1 aromatic carbocycles. The molecule has 2 nitrogen and oxygen atoms in total. The average Bonchev–Trinajstić information content (AvgIpc) is 2.19. The van der Waals surface area contributed by atoms with Gasteiger partial charge in [-0.2, -0.15) is 0 Å². The Morgan fingerprint density at radius 1 is 1.21 bits per heavy atom.